The highest BCUT2D eigenvalue weighted by atomic mass is 16.5. The van der Waals surface area contributed by atoms with Crippen LogP contribution in [0.3, 0.4) is 0 Å². The molecule has 2 aromatic rings. The molecule has 0 aromatic carbocycles. The highest BCUT2D eigenvalue weighted by Gasteiger charge is 2.26. The number of carbonyl (C=O) groups is 1. The van der Waals surface area contributed by atoms with Crippen molar-refractivity contribution in [1.29, 1.82) is 0 Å². The van der Waals surface area contributed by atoms with Crippen molar-refractivity contribution in [2.45, 2.75) is 18.9 Å². The quantitative estimate of drug-likeness (QED) is 0.855. The average Bonchev–Trinajstić information content (AvgIpc) is 2.56. The minimum atomic E-state index is -0.140. The first-order valence-electron chi connectivity index (χ1n) is 6.96. The van der Waals surface area contributed by atoms with Crippen molar-refractivity contribution >= 4 is 5.91 Å². The number of pyridine rings is 1. The summed E-state index contributed by atoms with van der Waals surface area (Å²) >= 11 is 0. The lowest BCUT2D eigenvalue weighted by Gasteiger charge is -2.32. The van der Waals surface area contributed by atoms with Gasteiger partial charge in [-0.05, 0) is 31.0 Å². The van der Waals surface area contributed by atoms with Crippen LogP contribution in [0, 0.1) is 0 Å². The first-order chi connectivity index (χ1) is 10.3. The molecule has 0 unspecified atom stereocenters. The van der Waals surface area contributed by atoms with Gasteiger partial charge in [0.05, 0.1) is 6.54 Å². The molecule has 1 aliphatic rings. The van der Waals surface area contributed by atoms with Crippen LogP contribution < -0.4 is 4.74 Å². The SMILES string of the molecule is O=C(c1ncccn1)N1CCC[C@H](Oc2ccncc2)C1. The molecule has 6 nitrogen and oxygen atoms in total. The Bertz CT molecular complexity index is 591. The smallest absolute Gasteiger partial charge is 0.291 e. The zero-order valence-electron chi connectivity index (χ0n) is 11.6. The largest absolute Gasteiger partial charge is 0.488 e. The second kappa shape index (κ2) is 6.30. The first kappa shape index (κ1) is 13.5. The minimum Gasteiger partial charge on any atom is -0.488 e. The summed E-state index contributed by atoms with van der Waals surface area (Å²) in [5.41, 5.74) is 0. The summed E-state index contributed by atoms with van der Waals surface area (Å²) in [4.78, 5) is 26.1. The molecule has 0 N–H and O–H groups in total. The van der Waals surface area contributed by atoms with Crippen molar-refractivity contribution in [3.63, 3.8) is 0 Å². The number of ether oxygens (including phenoxy) is 1. The van der Waals surface area contributed by atoms with Crippen LogP contribution in [0.4, 0.5) is 0 Å². The van der Waals surface area contributed by atoms with Gasteiger partial charge in [-0.1, -0.05) is 0 Å². The predicted molar refractivity (Wildman–Crippen MR) is 75.8 cm³/mol. The van der Waals surface area contributed by atoms with E-state index in [2.05, 4.69) is 15.0 Å². The topological polar surface area (TPSA) is 68.2 Å². The van der Waals surface area contributed by atoms with Gasteiger partial charge in [-0.25, -0.2) is 9.97 Å². The van der Waals surface area contributed by atoms with E-state index in [9.17, 15) is 4.79 Å². The summed E-state index contributed by atoms with van der Waals surface area (Å²) in [6, 6.07) is 5.34. The molecule has 0 bridgehead atoms. The Labute approximate surface area is 122 Å². The zero-order chi connectivity index (χ0) is 14.5. The molecule has 2 aromatic heterocycles. The van der Waals surface area contributed by atoms with Gasteiger partial charge >= 0.3 is 0 Å². The summed E-state index contributed by atoms with van der Waals surface area (Å²) in [5.74, 6) is 0.876. The summed E-state index contributed by atoms with van der Waals surface area (Å²) in [6.07, 6.45) is 8.38. The first-order valence-corrected chi connectivity index (χ1v) is 6.96. The van der Waals surface area contributed by atoms with Gasteiger partial charge in [-0.2, -0.15) is 0 Å². The maximum absolute atomic E-state index is 12.3. The van der Waals surface area contributed by atoms with E-state index in [1.807, 2.05) is 12.1 Å². The average molecular weight is 284 g/mol. The fourth-order valence-corrected chi connectivity index (χ4v) is 2.38. The van der Waals surface area contributed by atoms with Gasteiger partial charge in [0.25, 0.3) is 5.91 Å². The lowest BCUT2D eigenvalue weighted by molar-refractivity contribution is 0.0527. The number of rotatable bonds is 3. The minimum absolute atomic E-state index is 0.00573. The van der Waals surface area contributed by atoms with Crippen molar-refractivity contribution < 1.29 is 9.53 Å². The molecule has 3 heterocycles. The van der Waals surface area contributed by atoms with Crippen LogP contribution in [-0.2, 0) is 0 Å². The summed E-state index contributed by atoms with van der Waals surface area (Å²) in [6.45, 7) is 1.27. The fraction of sp³-hybridized carbons (Fsp3) is 0.333. The Morgan fingerprint density at radius 2 is 1.95 bits per heavy atom. The molecular formula is C15H16N4O2. The standard InChI is InChI=1S/C15H16N4O2/c20-15(14-17-6-2-7-18-14)19-10-1-3-13(11-19)21-12-4-8-16-9-5-12/h2,4-9,13H,1,3,10-11H2/t13-/m0/s1. The van der Waals surface area contributed by atoms with Gasteiger partial charge < -0.3 is 9.64 Å². The second-order valence-corrected chi connectivity index (χ2v) is 4.89. The van der Waals surface area contributed by atoms with Crippen molar-refractivity contribution in [2.75, 3.05) is 13.1 Å². The number of amides is 1. The Morgan fingerprint density at radius 1 is 1.19 bits per heavy atom. The van der Waals surface area contributed by atoms with Crippen molar-refractivity contribution in [2.24, 2.45) is 0 Å². The molecule has 21 heavy (non-hydrogen) atoms. The van der Waals surface area contributed by atoms with E-state index in [1.54, 1.807) is 35.8 Å². The molecule has 1 atom stereocenters. The van der Waals surface area contributed by atoms with Crippen LogP contribution >= 0.6 is 0 Å². The van der Waals surface area contributed by atoms with E-state index in [0.717, 1.165) is 18.6 Å². The van der Waals surface area contributed by atoms with Crippen LogP contribution in [0.25, 0.3) is 0 Å². The van der Waals surface area contributed by atoms with Crippen LogP contribution in [0.5, 0.6) is 5.75 Å². The highest BCUT2D eigenvalue weighted by molar-refractivity contribution is 5.90. The maximum atomic E-state index is 12.3. The van der Waals surface area contributed by atoms with Crippen LogP contribution in [0.2, 0.25) is 0 Å². The molecule has 1 saturated heterocycles. The Morgan fingerprint density at radius 3 is 2.71 bits per heavy atom. The fourth-order valence-electron chi connectivity index (χ4n) is 2.38. The number of likely N-dealkylation sites (tertiary alicyclic amines) is 1. The van der Waals surface area contributed by atoms with Gasteiger partial charge in [-0.15, -0.1) is 0 Å². The maximum Gasteiger partial charge on any atom is 0.291 e. The molecule has 0 aliphatic carbocycles. The van der Waals surface area contributed by atoms with E-state index in [0.29, 0.717) is 13.1 Å². The van der Waals surface area contributed by atoms with Gasteiger partial charge in [0.2, 0.25) is 5.82 Å². The molecule has 0 saturated carbocycles. The highest BCUT2D eigenvalue weighted by Crippen LogP contribution is 2.18. The number of piperidine rings is 1. The number of aromatic nitrogens is 3. The summed E-state index contributed by atoms with van der Waals surface area (Å²) in [7, 11) is 0. The van der Waals surface area contributed by atoms with Crippen LogP contribution in [-0.4, -0.2) is 45.0 Å². The monoisotopic (exact) mass is 284 g/mol. The van der Waals surface area contributed by atoms with E-state index in [1.165, 1.54) is 0 Å². The van der Waals surface area contributed by atoms with E-state index in [4.69, 9.17) is 4.74 Å². The van der Waals surface area contributed by atoms with Gasteiger partial charge in [-0.3, -0.25) is 9.78 Å². The number of hydrogen-bond acceptors (Lipinski definition) is 5. The molecule has 0 radical (unpaired) electrons. The third-order valence-corrected chi connectivity index (χ3v) is 3.37. The second-order valence-electron chi connectivity index (χ2n) is 4.89. The Balaban J connectivity index is 1.64. The van der Waals surface area contributed by atoms with Crippen molar-refractivity contribution in [3.05, 3.63) is 48.8 Å². The lowest BCUT2D eigenvalue weighted by Crippen LogP contribution is -2.44. The summed E-state index contributed by atoms with van der Waals surface area (Å²) in [5, 5.41) is 0. The summed E-state index contributed by atoms with van der Waals surface area (Å²) < 4.78 is 5.90. The van der Waals surface area contributed by atoms with Gasteiger partial charge in [0, 0.05) is 31.3 Å². The Kier molecular flexibility index (Phi) is 4.04. The molecule has 1 amide bonds. The molecule has 1 fully saturated rings. The van der Waals surface area contributed by atoms with Crippen molar-refractivity contribution in [1.82, 2.24) is 19.9 Å². The zero-order valence-corrected chi connectivity index (χ0v) is 11.6. The third-order valence-electron chi connectivity index (χ3n) is 3.37. The predicted octanol–water partition coefficient (Wildman–Crippen LogP) is 1.56. The lowest BCUT2D eigenvalue weighted by atomic mass is 10.1. The van der Waals surface area contributed by atoms with E-state index >= 15 is 0 Å². The molecule has 3 rings (SSSR count). The third kappa shape index (κ3) is 3.34. The van der Waals surface area contributed by atoms with E-state index < -0.39 is 0 Å². The van der Waals surface area contributed by atoms with E-state index in [-0.39, 0.29) is 17.8 Å². The molecule has 1 aliphatic heterocycles. The number of nitrogens with zero attached hydrogens (tertiary/aromatic N) is 4. The van der Waals surface area contributed by atoms with Crippen molar-refractivity contribution in [3.8, 4) is 5.75 Å². The van der Waals surface area contributed by atoms with Crippen LogP contribution in [0.15, 0.2) is 43.0 Å². The molecule has 6 heteroatoms. The molecule has 108 valence electrons. The normalized spacial score (nSPS) is 18.3. The Hall–Kier alpha value is -2.50. The number of carbonyl (C=O) groups excluding carboxylic acids is 1. The molecular weight excluding hydrogens is 268 g/mol. The van der Waals surface area contributed by atoms with Gasteiger partial charge in [0.1, 0.15) is 11.9 Å². The van der Waals surface area contributed by atoms with Crippen LogP contribution in [0.1, 0.15) is 23.5 Å². The number of hydrogen-bond donors (Lipinski definition) is 0. The van der Waals surface area contributed by atoms with Gasteiger partial charge in [0.15, 0.2) is 0 Å². The molecule has 0 spiro atoms.